The lowest BCUT2D eigenvalue weighted by Gasteiger charge is -2.25. The van der Waals surface area contributed by atoms with Gasteiger partial charge in [-0.05, 0) is 31.6 Å². The van der Waals surface area contributed by atoms with Crippen LogP contribution < -0.4 is 10.6 Å². The van der Waals surface area contributed by atoms with E-state index in [1.807, 2.05) is 12.1 Å². The molecule has 2 rings (SSSR count). The predicted molar refractivity (Wildman–Crippen MR) is 69.1 cm³/mol. The Hall–Kier alpha value is -1.33. The number of nitrogens with zero attached hydrogens (tertiary/aromatic N) is 1. The molecule has 1 aromatic rings. The Bertz CT molecular complexity index is 358. The standard InChI is InChI=1S/C13H21N3O2/c1-2-16(11-5-6-14-8-11)10-13(17)15-9-12-4-3-7-18-12/h3-4,7,11,14H,2,5-6,8-10H2,1H3,(H,15,17). The molecule has 18 heavy (non-hydrogen) atoms. The van der Waals surface area contributed by atoms with E-state index in [1.165, 1.54) is 0 Å². The van der Waals surface area contributed by atoms with Crippen LogP contribution in [0.15, 0.2) is 22.8 Å². The normalized spacial score (nSPS) is 19.3. The molecule has 0 bridgehead atoms. The number of rotatable bonds is 6. The highest BCUT2D eigenvalue weighted by atomic mass is 16.3. The Morgan fingerprint density at radius 1 is 1.67 bits per heavy atom. The summed E-state index contributed by atoms with van der Waals surface area (Å²) in [7, 11) is 0. The van der Waals surface area contributed by atoms with Gasteiger partial charge in [-0.25, -0.2) is 0 Å². The summed E-state index contributed by atoms with van der Waals surface area (Å²) in [5, 5.41) is 6.20. The molecule has 0 spiro atoms. The highest BCUT2D eigenvalue weighted by molar-refractivity contribution is 5.77. The van der Waals surface area contributed by atoms with E-state index in [0.717, 1.165) is 31.8 Å². The van der Waals surface area contributed by atoms with Gasteiger partial charge in [0, 0.05) is 12.6 Å². The first-order chi connectivity index (χ1) is 8.79. The minimum atomic E-state index is 0.0557. The largest absolute Gasteiger partial charge is 0.467 e. The molecule has 2 N–H and O–H groups in total. The van der Waals surface area contributed by atoms with E-state index in [0.29, 0.717) is 19.1 Å². The maximum atomic E-state index is 11.8. The second-order valence-electron chi connectivity index (χ2n) is 4.57. The van der Waals surface area contributed by atoms with E-state index in [4.69, 9.17) is 4.42 Å². The molecule has 1 fully saturated rings. The van der Waals surface area contributed by atoms with Gasteiger partial charge in [0.15, 0.2) is 0 Å². The topological polar surface area (TPSA) is 57.5 Å². The second-order valence-corrected chi connectivity index (χ2v) is 4.57. The number of hydrogen-bond acceptors (Lipinski definition) is 4. The van der Waals surface area contributed by atoms with Crippen LogP contribution in [0.25, 0.3) is 0 Å². The summed E-state index contributed by atoms with van der Waals surface area (Å²) in [4.78, 5) is 14.1. The van der Waals surface area contributed by atoms with Crippen LogP contribution in [0, 0.1) is 0 Å². The van der Waals surface area contributed by atoms with Crippen LogP contribution in [-0.2, 0) is 11.3 Å². The Balaban J connectivity index is 1.74. The van der Waals surface area contributed by atoms with Crippen molar-refractivity contribution in [3.63, 3.8) is 0 Å². The van der Waals surface area contributed by atoms with Crippen molar-refractivity contribution >= 4 is 5.91 Å². The van der Waals surface area contributed by atoms with Crippen molar-refractivity contribution in [3.8, 4) is 0 Å². The van der Waals surface area contributed by atoms with Crippen molar-refractivity contribution in [3.05, 3.63) is 24.2 Å². The third kappa shape index (κ3) is 3.58. The number of likely N-dealkylation sites (N-methyl/N-ethyl adjacent to an activating group) is 1. The van der Waals surface area contributed by atoms with Crippen molar-refractivity contribution in [1.82, 2.24) is 15.5 Å². The molecule has 5 nitrogen and oxygen atoms in total. The maximum absolute atomic E-state index is 11.8. The quantitative estimate of drug-likeness (QED) is 0.776. The molecule has 0 aromatic carbocycles. The van der Waals surface area contributed by atoms with Gasteiger partial charge < -0.3 is 15.1 Å². The van der Waals surface area contributed by atoms with Crippen molar-refractivity contribution in [2.45, 2.75) is 25.9 Å². The Labute approximate surface area is 108 Å². The molecule has 0 saturated carbocycles. The first kappa shape index (κ1) is 13.1. The molecule has 1 atom stereocenters. The van der Waals surface area contributed by atoms with E-state index in [1.54, 1.807) is 6.26 Å². The lowest BCUT2D eigenvalue weighted by molar-refractivity contribution is -0.122. The molecule has 2 heterocycles. The molecule has 1 aromatic heterocycles. The summed E-state index contributed by atoms with van der Waals surface area (Å²) >= 11 is 0. The van der Waals surface area contributed by atoms with Gasteiger partial charge in [0.05, 0.1) is 19.4 Å². The lowest BCUT2D eigenvalue weighted by atomic mass is 10.2. The van der Waals surface area contributed by atoms with Crippen LogP contribution in [0.2, 0.25) is 0 Å². The lowest BCUT2D eigenvalue weighted by Crippen LogP contribution is -2.43. The van der Waals surface area contributed by atoms with Gasteiger partial charge in [-0.1, -0.05) is 6.92 Å². The van der Waals surface area contributed by atoms with Gasteiger partial charge >= 0.3 is 0 Å². The highest BCUT2D eigenvalue weighted by Gasteiger charge is 2.22. The van der Waals surface area contributed by atoms with Gasteiger partial charge in [-0.3, -0.25) is 9.69 Å². The summed E-state index contributed by atoms with van der Waals surface area (Å²) in [6.07, 6.45) is 2.74. The fourth-order valence-electron chi connectivity index (χ4n) is 2.29. The Kier molecular flexibility index (Phi) is 4.78. The summed E-state index contributed by atoms with van der Waals surface area (Å²) in [6.45, 7) is 5.96. The van der Waals surface area contributed by atoms with Crippen LogP contribution in [0.1, 0.15) is 19.1 Å². The molecule has 0 radical (unpaired) electrons. The van der Waals surface area contributed by atoms with Crippen molar-refractivity contribution in [1.29, 1.82) is 0 Å². The minimum Gasteiger partial charge on any atom is -0.467 e. The van der Waals surface area contributed by atoms with Gasteiger partial charge in [0.25, 0.3) is 0 Å². The van der Waals surface area contributed by atoms with Gasteiger partial charge in [-0.2, -0.15) is 0 Å². The molecule has 0 aliphatic carbocycles. The van der Waals surface area contributed by atoms with Crippen LogP contribution in [-0.4, -0.2) is 43.0 Å². The van der Waals surface area contributed by atoms with Crippen molar-refractivity contribution < 1.29 is 9.21 Å². The zero-order chi connectivity index (χ0) is 12.8. The first-order valence-corrected chi connectivity index (χ1v) is 6.53. The average Bonchev–Trinajstić information content (AvgIpc) is 3.05. The maximum Gasteiger partial charge on any atom is 0.234 e. The smallest absolute Gasteiger partial charge is 0.234 e. The summed E-state index contributed by atoms with van der Waals surface area (Å²) in [5.41, 5.74) is 0. The third-order valence-electron chi connectivity index (χ3n) is 3.34. The van der Waals surface area contributed by atoms with E-state index >= 15 is 0 Å². The number of carbonyl (C=O) groups is 1. The Morgan fingerprint density at radius 2 is 2.56 bits per heavy atom. The number of hydrogen-bond donors (Lipinski definition) is 2. The van der Waals surface area contributed by atoms with Gasteiger partial charge in [-0.15, -0.1) is 0 Å². The van der Waals surface area contributed by atoms with Crippen molar-refractivity contribution in [2.75, 3.05) is 26.2 Å². The molecular weight excluding hydrogens is 230 g/mol. The molecule has 5 heteroatoms. The molecular formula is C13H21N3O2. The fourth-order valence-corrected chi connectivity index (χ4v) is 2.29. The van der Waals surface area contributed by atoms with Gasteiger partial charge in [0.2, 0.25) is 5.91 Å². The summed E-state index contributed by atoms with van der Waals surface area (Å²) in [6, 6.07) is 4.17. The zero-order valence-electron chi connectivity index (χ0n) is 10.8. The van der Waals surface area contributed by atoms with Crippen LogP contribution in [0.5, 0.6) is 0 Å². The third-order valence-corrected chi connectivity index (χ3v) is 3.34. The molecule has 100 valence electrons. The average molecular weight is 251 g/mol. The monoisotopic (exact) mass is 251 g/mol. The van der Waals surface area contributed by atoms with Crippen LogP contribution in [0.3, 0.4) is 0 Å². The summed E-state index contributed by atoms with van der Waals surface area (Å²) in [5.74, 6) is 0.842. The van der Waals surface area contributed by atoms with Crippen LogP contribution >= 0.6 is 0 Å². The number of nitrogens with one attached hydrogen (secondary N) is 2. The number of carbonyl (C=O) groups excluding carboxylic acids is 1. The fraction of sp³-hybridized carbons (Fsp3) is 0.615. The van der Waals surface area contributed by atoms with Crippen LogP contribution in [0.4, 0.5) is 0 Å². The number of furan rings is 1. The van der Waals surface area contributed by atoms with Crippen molar-refractivity contribution in [2.24, 2.45) is 0 Å². The van der Waals surface area contributed by atoms with E-state index in [9.17, 15) is 4.79 Å². The molecule has 1 aliphatic heterocycles. The summed E-state index contributed by atoms with van der Waals surface area (Å²) < 4.78 is 5.18. The van der Waals surface area contributed by atoms with E-state index < -0.39 is 0 Å². The SMILES string of the molecule is CCN(CC(=O)NCc1ccco1)C1CCNC1. The zero-order valence-corrected chi connectivity index (χ0v) is 10.8. The highest BCUT2D eigenvalue weighted by Crippen LogP contribution is 2.07. The van der Waals surface area contributed by atoms with E-state index in [-0.39, 0.29) is 5.91 Å². The Morgan fingerprint density at radius 3 is 3.17 bits per heavy atom. The molecule has 1 saturated heterocycles. The predicted octanol–water partition coefficient (Wildman–Crippen LogP) is 0.580. The minimum absolute atomic E-state index is 0.0557. The molecule has 1 amide bonds. The molecule has 1 aliphatic rings. The van der Waals surface area contributed by atoms with Gasteiger partial charge in [0.1, 0.15) is 5.76 Å². The van der Waals surface area contributed by atoms with E-state index in [2.05, 4.69) is 22.5 Å². The number of amides is 1. The molecule has 1 unspecified atom stereocenters. The second kappa shape index (κ2) is 6.56. The first-order valence-electron chi connectivity index (χ1n) is 6.53.